The molecule has 0 saturated carbocycles. The fourth-order valence-corrected chi connectivity index (χ4v) is 3.99. The fourth-order valence-electron chi connectivity index (χ4n) is 2.37. The van der Waals surface area contributed by atoms with Gasteiger partial charge in [0.2, 0.25) is 0 Å². The van der Waals surface area contributed by atoms with Crippen LogP contribution in [0.15, 0.2) is 0 Å². The molecule has 0 aromatic rings. The van der Waals surface area contributed by atoms with E-state index in [9.17, 15) is 0 Å². The van der Waals surface area contributed by atoms with Gasteiger partial charge in [-0.1, -0.05) is 13.8 Å². The third-order valence-electron chi connectivity index (χ3n) is 3.72. The number of nitrogens with one attached hydrogen (secondary N) is 1. The summed E-state index contributed by atoms with van der Waals surface area (Å²) in [5, 5.41) is 3.80. The second-order valence-electron chi connectivity index (χ2n) is 5.45. The highest BCUT2D eigenvalue weighted by Crippen LogP contribution is 2.34. The van der Waals surface area contributed by atoms with Crippen LogP contribution in [0, 0.1) is 5.41 Å². The molecule has 88 valence electrons. The van der Waals surface area contributed by atoms with Crippen LogP contribution in [0.1, 0.15) is 33.1 Å². The zero-order valence-electron chi connectivity index (χ0n) is 9.92. The van der Waals surface area contributed by atoms with Crippen molar-refractivity contribution >= 4 is 11.8 Å². The lowest BCUT2D eigenvalue weighted by atomic mass is 9.81. The second kappa shape index (κ2) is 5.07. The highest BCUT2D eigenvalue weighted by molar-refractivity contribution is 7.99. The van der Waals surface area contributed by atoms with Gasteiger partial charge in [-0.15, -0.1) is 0 Å². The SMILES string of the molecule is CC1(C)CCSCC1NC1CCCOC1. The van der Waals surface area contributed by atoms with Crippen molar-refractivity contribution in [1.82, 2.24) is 5.32 Å². The number of ether oxygens (including phenoxy) is 1. The van der Waals surface area contributed by atoms with Gasteiger partial charge in [0.15, 0.2) is 0 Å². The molecule has 2 nitrogen and oxygen atoms in total. The predicted octanol–water partition coefficient (Wildman–Crippen LogP) is 2.29. The molecular weight excluding hydrogens is 206 g/mol. The van der Waals surface area contributed by atoms with Crippen molar-refractivity contribution in [3.05, 3.63) is 0 Å². The molecule has 2 saturated heterocycles. The second-order valence-corrected chi connectivity index (χ2v) is 6.60. The molecule has 2 heterocycles. The molecule has 3 heteroatoms. The topological polar surface area (TPSA) is 21.3 Å². The minimum Gasteiger partial charge on any atom is -0.380 e. The van der Waals surface area contributed by atoms with Gasteiger partial charge < -0.3 is 10.1 Å². The fraction of sp³-hybridized carbons (Fsp3) is 1.00. The van der Waals surface area contributed by atoms with Crippen molar-refractivity contribution in [3.63, 3.8) is 0 Å². The van der Waals surface area contributed by atoms with Gasteiger partial charge in [0, 0.05) is 24.4 Å². The van der Waals surface area contributed by atoms with Gasteiger partial charge in [0.25, 0.3) is 0 Å². The van der Waals surface area contributed by atoms with Crippen molar-refractivity contribution in [1.29, 1.82) is 0 Å². The van der Waals surface area contributed by atoms with E-state index in [1.807, 2.05) is 0 Å². The third kappa shape index (κ3) is 3.11. The first-order valence-corrected chi connectivity index (χ1v) is 7.25. The quantitative estimate of drug-likeness (QED) is 0.785. The summed E-state index contributed by atoms with van der Waals surface area (Å²) in [6, 6.07) is 1.27. The lowest BCUT2D eigenvalue weighted by Gasteiger charge is -2.41. The number of rotatable bonds is 2. The zero-order valence-corrected chi connectivity index (χ0v) is 10.7. The Morgan fingerprint density at radius 2 is 2.27 bits per heavy atom. The first-order chi connectivity index (χ1) is 7.18. The summed E-state index contributed by atoms with van der Waals surface area (Å²) in [4.78, 5) is 0. The maximum Gasteiger partial charge on any atom is 0.0619 e. The average molecular weight is 229 g/mol. The Labute approximate surface area is 97.5 Å². The smallest absolute Gasteiger partial charge is 0.0619 e. The Balaban J connectivity index is 1.85. The van der Waals surface area contributed by atoms with Gasteiger partial charge in [0.1, 0.15) is 0 Å². The standard InChI is InChI=1S/C12H23NOS/c1-12(2)5-7-15-9-11(12)13-10-4-3-6-14-8-10/h10-11,13H,3-9H2,1-2H3. The van der Waals surface area contributed by atoms with Crippen LogP contribution in [0.3, 0.4) is 0 Å². The molecule has 2 unspecified atom stereocenters. The Hall–Kier alpha value is 0.270. The van der Waals surface area contributed by atoms with E-state index in [-0.39, 0.29) is 0 Å². The normalized spacial score (nSPS) is 36.4. The summed E-state index contributed by atoms with van der Waals surface area (Å²) in [6.45, 7) is 6.67. The van der Waals surface area contributed by atoms with Crippen LogP contribution >= 0.6 is 11.8 Å². The molecule has 0 amide bonds. The lowest BCUT2D eigenvalue weighted by molar-refractivity contribution is 0.0591. The average Bonchev–Trinajstić information content (AvgIpc) is 2.23. The molecule has 2 aliphatic heterocycles. The van der Waals surface area contributed by atoms with Crippen molar-refractivity contribution in [3.8, 4) is 0 Å². The van der Waals surface area contributed by atoms with Gasteiger partial charge in [-0.3, -0.25) is 0 Å². The summed E-state index contributed by atoms with van der Waals surface area (Å²) in [5.41, 5.74) is 0.461. The lowest BCUT2D eigenvalue weighted by Crippen LogP contribution is -2.52. The Bertz CT molecular complexity index is 202. The number of hydrogen-bond donors (Lipinski definition) is 1. The highest BCUT2D eigenvalue weighted by Gasteiger charge is 2.33. The maximum absolute atomic E-state index is 5.52. The molecule has 0 aromatic carbocycles. The highest BCUT2D eigenvalue weighted by atomic mass is 32.2. The minimum atomic E-state index is 0.461. The van der Waals surface area contributed by atoms with Crippen LogP contribution < -0.4 is 5.32 Å². The molecule has 2 aliphatic rings. The summed E-state index contributed by atoms with van der Waals surface area (Å²) in [7, 11) is 0. The van der Waals surface area contributed by atoms with Crippen LogP contribution in [0.4, 0.5) is 0 Å². The largest absolute Gasteiger partial charge is 0.380 e. The van der Waals surface area contributed by atoms with E-state index in [0.29, 0.717) is 17.5 Å². The van der Waals surface area contributed by atoms with Gasteiger partial charge in [-0.25, -0.2) is 0 Å². The van der Waals surface area contributed by atoms with E-state index in [1.165, 1.54) is 30.8 Å². The molecule has 0 bridgehead atoms. The van der Waals surface area contributed by atoms with Crippen LogP contribution in [-0.4, -0.2) is 36.8 Å². The van der Waals surface area contributed by atoms with E-state index in [0.717, 1.165) is 13.2 Å². The summed E-state index contributed by atoms with van der Waals surface area (Å²) >= 11 is 2.09. The van der Waals surface area contributed by atoms with E-state index < -0.39 is 0 Å². The molecule has 0 spiro atoms. The van der Waals surface area contributed by atoms with E-state index >= 15 is 0 Å². The summed E-state index contributed by atoms with van der Waals surface area (Å²) in [6.07, 6.45) is 3.85. The predicted molar refractivity (Wildman–Crippen MR) is 66.5 cm³/mol. The molecule has 0 radical (unpaired) electrons. The molecule has 1 N–H and O–H groups in total. The Kier molecular flexibility index (Phi) is 3.97. The maximum atomic E-state index is 5.52. The Morgan fingerprint density at radius 3 is 2.93 bits per heavy atom. The van der Waals surface area contributed by atoms with Crippen molar-refractivity contribution in [2.45, 2.75) is 45.2 Å². The monoisotopic (exact) mass is 229 g/mol. The van der Waals surface area contributed by atoms with Crippen LogP contribution in [0.5, 0.6) is 0 Å². The molecule has 0 aromatic heterocycles. The van der Waals surface area contributed by atoms with Crippen LogP contribution in [0.2, 0.25) is 0 Å². The Morgan fingerprint density at radius 1 is 1.40 bits per heavy atom. The van der Waals surface area contributed by atoms with Crippen molar-refractivity contribution in [2.24, 2.45) is 5.41 Å². The molecular formula is C12H23NOS. The van der Waals surface area contributed by atoms with Crippen LogP contribution in [0.25, 0.3) is 0 Å². The van der Waals surface area contributed by atoms with E-state index in [1.54, 1.807) is 0 Å². The van der Waals surface area contributed by atoms with E-state index in [4.69, 9.17) is 4.74 Å². The zero-order chi connectivity index (χ0) is 10.7. The molecule has 15 heavy (non-hydrogen) atoms. The van der Waals surface area contributed by atoms with Gasteiger partial charge >= 0.3 is 0 Å². The first-order valence-electron chi connectivity index (χ1n) is 6.10. The van der Waals surface area contributed by atoms with Crippen LogP contribution in [-0.2, 0) is 4.74 Å². The first kappa shape index (κ1) is 11.7. The minimum absolute atomic E-state index is 0.461. The number of thioether (sulfide) groups is 1. The van der Waals surface area contributed by atoms with Gasteiger partial charge in [0.05, 0.1) is 6.61 Å². The molecule has 2 atom stereocenters. The van der Waals surface area contributed by atoms with E-state index in [2.05, 4.69) is 30.9 Å². The molecule has 2 rings (SSSR count). The summed E-state index contributed by atoms with van der Waals surface area (Å²) < 4.78 is 5.52. The third-order valence-corrected chi connectivity index (χ3v) is 4.78. The number of hydrogen-bond acceptors (Lipinski definition) is 3. The molecule has 0 aliphatic carbocycles. The van der Waals surface area contributed by atoms with Crippen molar-refractivity contribution < 1.29 is 4.74 Å². The summed E-state index contributed by atoms with van der Waals surface area (Å²) in [5.74, 6) is 2.59. The molecule has 2 fully saturated rings. The van der Waals surface area contributed by atoms with Gasteiger partial charge in [-0.2, -0.15) is 11.8 Å². The van der Waals surface area contributed by atoms with Gasteiger partial charge in [-0.05, 0) is 30.4 Å². The van der Waals surface area contributed by atoms with Crippen molar-refractivity contribution in [2.75, 3.05) is 24.7 Å².